The first-order valence-electron chi connectivity index (χ1n) is 10.2. The molecule has 0 radical (unpaired) electrons. The summed E-state index contributed by atoms with van der Waals surface area (Å²) < 4.78 is 13.3. The quantitative estimate of drug-likeness (QED) is 0.356. The molecule has 0 bridgehead atoms. The molecule has 1 aromatic rings. The summed E-state index contributed by atoms with van der Waals surface area (Å²) in [6.07, 6.45) is 6.71. The van der Waals surface area contributed by atoms with Crippen LogP contribution in [0.25, 0.3) is 0 Å². The predicted octanol–water partition coefficient (Wildman–Crippen LogP) is 3.43. The number of likely N-dealkylation sites (tertiary alicyclic amines) is 1. The summed E-state index contributed by atoms with van der Waals surface area (Å²) in [6.45, 7) is 5.39. The van der Waals surface area contributed by atoms with Gasteiger partial charge in [0.2, 0.25) is 5.91 Å². The number of nitrogens with zero attached hydrogens (tertiary/aromatic N) is 2. The van der Waals surface area contributed by atoms with E-state index in [1.807, 2.05) is 24.0 Å². The average molecular weight is 502 g/mol. The molecule has 7 heteroatoms. The minimum Gasteiger partial charge on any atom is -0.357 e. The molecule has 28 heavy (non-hydrogen) atoms. The molecule has 5 nitrogen and oxygen atoms in total. The number of hydrogen-bond donors (Lipinski definition) is 2. The number of halogens is 2. The monoisotopic (exact) mass is 502 g/mol. The molecule has 0 aromatic heterocycles. The maximum atomic E-state index is 13.3. The van der Waals surface area contributed by atoms with Gasteiger partial charge < -0.3 is 15.5 Å². The van der Waals surface area contributed by atoms with Crippen molar-refractivity contribution in [1.29, 1.82) is 0 Å². The zero-order chi connectivity index (χ0) is 19.1. The van der Waals surface area contributed by atoms with Crippen LogP contribution in [-0.2, 0) is 10.2 Å². The van der Waals surface area contributed by atoms with E-state index in [1.54, 1.807) is 12.1 Å². The van der Waals surface area contributed by atoms with Crippen LogP contribution in [0.3, 0.4) is 0 Å². The molecule has 1 saturated carbocycles. The molecule has 3 rings (SSSR count). The van der Waals surface area contributed by atoms with Gasteiger partial charge in [0.05, 0.1) is 0 Å². The molecule has 2 N–H and O–H groups in total. The number of rotatable bonds is 6. The first-order chi connectivity index (χ1) is 13.1. The highest BCUT2D eigenvalue weighted by Crippen LogP contribution is 2.40. The fraction of sp³-hybridized carbons (Fsp3) is 0.619. The number of carbonyl (C=O) groups is 1. The predicted molar refractivity (Wildman–Crippen MR) is 122 cm³/mol. The molecule has 1 saturated heterocycles. The lowest BCUT2D eigenvalue weighted by Crippen LogP contribution is -2.45. The zero-order valence-electron chi connectivity index (χ0n) is 16.7. The van der Waals surface area contributed by atoms with Crippen molar-refractivity contribution < 1.29 is 9.18 Å². The highest BCUT2D eigenvalue weighted by atomic mass is 127. The van der Waals surface area contributed by atoms with E-state index in [2.05, 4.69) is 15.6 Å². The number of guanidine groups is 1. The number of nitrogens with one attached hydrogen (secondary N) is 2. The fourth-order valence-corrected chi connectivity index (χ4v) is 4.23. The summed E-state index contributed by atoms with van der Waals surface area (Å²) in [4.78, 5) is 18.7. The molecule has 1 heterocycles. The molecule has 1 aliphatic heterocycles. The largest absolute Gasteiger partial charge is 0.357 e. The maximum absolute atomic E-state index is 13.3. The lowest BCUT2D eigenvalue weighted by Gasteiger charge is -2.31. The van der Waals surface area contributed by atoms with Crippen LogP contribution in [0.4, 0.5) is 4.39 Å². The summed E-state index contributed by atoms with van der Waals surface area (Å²) in [5, 5.41) is 6.68. The van der Waals surface area contributed by atoms with Gasteiger partial charge in [-0.15, -0.1) is 24.0 Å². The Morgan fingerprint density at radius 2 is 1.75 bits per heavy atom. The molecule has 0 unspecified atom stereocenters. The van der Waals surface area contributed by atoms with Crippen LogP contribution in [0.2, 0.25) is 0 Å². The number of carbonyl (C=O) groups excluding carboxylic acids is 1. The van der Waals surface area contributed by atoms with Crippen molar-refractivity contribution in [2.45, 2.75) is 50.9 Å². The highest BCUT2D eigenvalue weighted by molar-refractivity contribution is 14.0. The van der Waals surface area contributed by atoms with Crippen molar-refractivity contribution in [3.63, 3.8) is 0 Å². The van der Waals surface area contributed by atoms with E-state index in [9.17, 15) is 9.18 Å². The van der Waals surface area contributed by atoms with Gasteiger partial charge in [-0.2, -0.15) is 0 Å². The second-order valence-corrected chi connectivity index (χ2v) is 7.63. The molecule has 1 aromatic carbocycles. The SMILES string of the molecule is CCNC(=NCC(=O)N1CCCC1)NCC1(c2ccc(F)cc2)CCCC1.I. The minimum atomic E-state index is -0.199. The number of hydrogen-bond acceptors (Lipinski definition) is 2. The van der Waals surface area contributed by atoms with Crippen molar-refractivity contribution in [3.8, 4) is 0 Å². The van der Waals surface area contributed by atoms with Crippen LogP contribution < -0.4 is 10.6 Å². The number of benzene rings is 1. The molecule has 0 spiro atoms. The highest BCUT2D eigenvalue weighted by Gasteiger charge is 2.35. The third kappa shape index (κ3) is 5.81. The lowest BCUT2D eigenvalue weighted by atomic mass is 9.79. The summed E-state index contributed by atoms with van der Waals surface area (Å²) >= 11 is 0. The van der Waals surface area contributed by atoms with Gasteiger partial charge in [-0.1, -0.05) is 25.0 Å². The Balaban J connectivity index is 0.00000280. The van der Waals surface area contributed by atoms with E-state index in [4.69, 9.17) is 0 Å². The lowest BCUT2D eigenvalue weighted by molar-refractivity contribution is -0.128. The zero-order valence-corrected chi connectivity index (χ0v) is 19.0. The molecule has 2 aliphatic rings. The van der Waals surface area contributed by atoms with Gasteiger partial charge in [-0.3, -0.25) is 4.79 Å². The van der Waals surface area contributed by atoms with Gasteiger partial charge in [-0.25, -0.2) is 9.38 Å². The minimum absolute atomic E-state index is 0. The number of aliphatic imine (C=N–C) groups is 1. The Morgan fingerprint density at radius 1 is 1.11 bits per heavy atom. The average Bonchev–Trinajstić information content (AvgIpc) is 3.37. The Hall–Kier alpha value is -1.38. The summed E-state index contributed by atoms with van der Waals surface area (Å²) in [7, 11) is 0. The molecule has 0 atom stereocenters. The molecule has 1 amide bonds. The topological polar surface area (TPSA) is 56.7 Å². The number of amides is 1. The van der Waals surface area contributed by atoms with E-state index >= 15 is 0 Å². The van der Waals surface area contributed by atoms with Gasteiger partial charge in [0.25, 0.3) is 0 Å². The van der Waals surface area contributed by atoms with E-state index < -0.39 is 0 Å². The van der Waals surface area contributed by atoms with Crippen molar-refractivity contribution in [2.24, 2.45) is 4.99 Å². The normalized spacial score (nSPS) is 18.6. The Morgan fingerprint density at radius 3 is 2.36 bits per heavy atom. The molecule has 1 aliphatic carbocycles. The summed E-state index contributed by atoms with van der Waals surface area (Å²) in [6, 6.07) is 6.90. The molecular formula is C21H32FIN4O. The van der Waals surface area contributed by atoms with Gasteiger partial charge in [0, 0.05) is 31.6 Å². The van der Waals surface area contributed by atoms with Crippen LogP contribution in [0.1, 0.15) is 51.0 Å². The van der Waals surface area contributed by atoms with Crippen LogP contribution in [0.15, 0.2) is 29.3 Å². The van der Waals surface area contributed by atoms with Crippen LogP contribution in [-0.4, -0.2) is 49.5 Å². The van der Waals surface area contributed by atoms with Crippen molar-refractivity contribution in [1.82, 2.24) is 15.5 Å². The van der Waals surface area contributed by atoms with Gasteiger partial charge in [0.1, 0.15) is 12.4 Å². The smallest absolute Gasteiger partial charge is 0.244 e. The van der Waals surface area contributed by atoms with Crippen molar-refractivity contribution in [2.75, 3.05) is 32.7 Å². The van der Waals surface area contributed by atoms with E-state index in [0.717, 1.165) is 51.9 Å². The van der Waals surface area contributed by atoms with Gasteiger partial charge in [0.15, 0.2) is 5.96 Å². The maximum Gasteiger partial charge on any atom is 0.244 e. The van der Waals surface area contributed by atoms with E-state index in [-0.39, 0.29) is 47.7 Å². The Labute approximate surface area is 184 Å². The molecule has 156 valence electrons. The second-order valence-electron chi connectivity index (χ2n) is 7.63. The third-order valence-corrected chi connectivity index (χ3v) is 5.79. The Kier molecular flexibility index (Phi) is 8.98. The second kappa shape index (κ2) is 11.0. The van der Waals surface area contributed by atoms with E-state index in [1.165, 1.54) is 18.4 Å². The van der Waals surface area contributed by atoms with Crippen LogP contribution in [0.5, 0.6) is 0 Å². The summed E-state index contributed by atoms with van der Waals surface area (Å²) in [5.74, 6) is 0.576. The van der Waals surface area contributed by atoms with Crippen molar-refractivity contribution >= 4 is 35.8 Å². The van der Waals surface area contributed by atoms with Crippen molar-refractivity contribution in [3.05, 3.63) is 35.6 Å². The molecular weight excluding hydrogens is 470 g/mol. The first kappa shape index (κ1) is 22.9. The van der Waals surface area contributed by atoms with E-state index in [0.29, 0.717) is 5.96 Å². The first-order valence-corrected chi connectivity index (χ1v) is 10.2. The summed E-state index contributed by atoms with van der Waals surface area (Å²) in [5.41, 5.74) is 1.18. The molecule has 2 fully saturated rings. The van der Waals surface area contributed by atoms with Crippen LogP contribution in [0, 0.1) is 5.82 Å². The van der Waals surface area contributed by atoms with Gasteiger partial charge >= 0.3 is 0 Å². The standard InChI is InChI=1S/C21H31FN4O.HI/c1-2-23-20(24-15-19(27)26-13-5-6-14-26)25-16-21(11-3-4-12-21)17-7-9-18(22)10-8-17;/h7-10H,2-6,11-16H2,1H3,(H2,23,24,25);1H. The third-order valence-electron chi connectivity index (χ3n) is 5.79. The Bertz CT molecular complexity index is 653. The van der Waals surface area contributed by atoms with Gasteiger partial charge in [-0.05, 0) is 50.3 Å². The van der Waals surface area contributed by atoms with Crippen LogP contribution >= 0.6 is 24.0 Å². The fourth-order valence-electron chi connectivity index (χ4n) is 4.23.